The molecule has 0 bridgehead atoms. The summed E-state index contributed by atoms with van der Waals surface area (Å²) in [6, 6.07) is 4.17. The van der Waals surface area contributed by atoms with Crippen LogP contribution < -0.4 is 15.4 Å². The molecule has 4 heteroatoms. The number of aryl methyl sites for hydroxylation is 2. The molecule has 4 nitrogen and oxygen atoms in total. The maximum absolute atomic E-state index is 11.7. The van der Waals surface area contributed by atoms with Gasteiger partial charge in [-0.2, -0.15) is 0 Å². The molecule has 2 N–H and O–H groups in total. The van der Waals surface area contributed by atoms with Crippen LogP contribution in [0.3, 0.4) is 0 Å². The third kappa shape index (κ3) is 3.97. The van der Waals surface area contributed by atoms with Crippen LogP contribution in [0.4, 0.5) is 0 Å². The summed E-state index contributed by atoms with van der Waals surface area (Å²) in [5.41, 5.74) is 3.56. The molecule has 1 aromatic rings. The van der Waals surface area contributed by atoms with E-state index in [-0.39, 0.29) is 5.91 Å². The summed E-state index contributed by atoms with van der Waals surface area (Å²) in [5, 5.41) is 6.14. The first-order valence-corrected chi connectivity index (χ1v) is 7.24. The standard InChI is InChI=1S/C16H24N2O2/c1-11-6-12(2)13(3)15(7-11)20-5-4-16(19)18-10-14-8-17-9-14/h6-7,14,17H,4-5,8-10H2,1-3H3,(H,18,19). The number of nitrogens with one attached hydrogen (secondary N) is 2. The summed E-state index contributed by atoms with van der Waals surface area (Å²) in [7, 11) is 0. The molecule has 0 unspecified atom stereocenters. The lowest BCUT2D eigenvalue weighted by molar-refractivity contribution is -0.121. The Morgan fingerprint density at radius 3 is 2.75 bits per heavy atom. The molecule has 1 amide bonds. The van der Waals surface area contributed by atoms with Gasteiger partial charge in [-0.05, 0) is 43.5 Å². The number of hydrogen-bond acceptors (Lipinski definition) is 3. The maximum Gasteiger partial charge on any atom is 0.223 e. The monoisotopic (exact) mass is 276 g/mol. The van der Waals surface area contributed by atoms with Crippen molar-refractivity contribution in [2.45, 2.75) is 27.2 Å². The van der Waals surface area contributed by atoms with Crippen LogP contribution in [0.25, 0.3) is 0 Å². The zero-order chi connectivity index (χ0) is 14.5. The fraction of sp³-hybridized carbons (Fsp3) is 0.562. The first kappa shape index (κ1) is 14.9. The van der Waals surface area contributed by atoms with E-state index in [0.29, 0.717) is 18.9 Å². The number of amides is 1. The Morgan fingerprint density at radius 2 is 2.10 bits per heavy atom. The molecule has 0 atom stereocenters. The van der Waals surface area contributed by atoms with E-state index in [0.717, 1.165) is 30.9 Å². The van der Waals surface area contributed by atoms with Gasteiger partial charge in [0.15, 0.2) is 0 Å². The average molecular weight is 276 g/mol. The van der Waals surface area contributed by atoms with Gasteiger partial charge in [0.1, 0.15) is 5.75 Å². The number of carbonyl (C=O) groups is 1. The number of rotatable bonds is 6. The van der Waals surface area contributed by atoms with Gasteiger partial charge in [-0.3, -0.25) is 4.79 Å². The highest BCUT2D eigenvalue weighted by Gasteiger charge is 2.17. The highest BCUT2D eigenvalue weighted by Crippen LogP contribution is 2.23. The van der Waals surface area contributed by atoms with Crippen molar-refractivity contribution in [3.8, 4) is 5.75 Å². The Bertz CT molecular complexity index is 482. The molecular weight excluding hydrogens is 252 g/mol. The van der Waals surface area contributed by atoms with E-state index in [4.69, 9.17) is 4.74 Å². The Hall–Kier alpha value is -1.55. The van der Waals surface area contributed by atoms with Crippen molar-refractivity contribution < 1.29 is 9.53 Å². The van der Waals surface area contributed by atoms with Crippen LogP contribution in [-0.2, 0) is 4.79 Å². The highest BCUT2D eigenvalue weighted by atomic mass is 16.5. The molecule has 0 aliphatic carbocycles. The van der Waals surface area contributed by atoms with Gasteiger partial charge >= 0.3 is 0 Å². The van der Waals surface area contributed by atoms with Crippen molar-refractivity contribution >= 4 is 5.91 Å². The van der Waals surface area contributed by atoms with Crippen molar-refractivity contribution in [3.05, 3.63) is 28.8 Å². The number of hydrogen-bond donors (Lipinski definition) is 2. The lowest BCUT2D eigenvalue weighted by atomic mass is 10.0. The molecule has 0 radical (unpaired) electrons. The Kier molecular flexibility index (Phi) is 5.01. The van der Waals surface area contributed by atoms with Crippen LogP contribution >= 0.6 is 0 Å². The van der Waals surface area contributed by atoms with Gasteiger partial charge in [-0.15, -0.1) is 0 Å². The minimum Gasteiger partial charge on any atom is -0.493 e. The van der Waals surface area contributed by atoms with Crippen molar-refractivity contribution in [3.63, 3.8) is 0 Å². The summed E-state index contributed by atoms with van der Waals surface area (Å²) < 4.78 is 5.74. The summed E-state index contributed by atoms with van der Waals surface area (Å²) in [6.07, 6.45) is 0.409. The zero-order valence-electron chi connectivity index (χ0n) is 12.6. The largest absolute Gasteiger partial charge is 0.493 e. The van der Waals surface area contributed by atoms with Crippen LogP contribution in [0.5, 0.6) is 5.75 Å². The predicted octanol–water partition coefficient (Wildman–Crippen LogP) is 1.72. The van der Waals surface area contributed by atoms with Crippen LogP contribution in [-0.4, -0.2) is 32.1 Å². The molecule has 20 heavy (non-hydrogen) atoms. The summed E-state index contributed by atoms with van der Waals surface area (Å²) in [4.78, 5) is 11.7. The maximum atomic E-state index is 11.7. The zero-order valence-corrected chi connectivity index (χ0v) is 12.6. The van der Waals surface area contributed by atoms with E-state index in [1.165, 1.54) is 11.1 Å². The van der Waals surface area contributed by atoms with E-state index in [1.54, 1.807) is 0 Å². The molecule has 0 spiro atoms. The summed E-state index contributed by atoms with van der Waals surface area (Å²) in [6.45, 7) is 9.41. The molecule has 0 saturated carbocycles. The molecule has 1 aliphatic rings. The van der Waals surface area contributed by atoms with Gasteiger partial charge in [0, 0.05) is 25.6 Å². The van der Waals surface area contributed by atoms with Gasteiger partial charge in [0.25, 0.3) is 0 Å². The SMILES string of the molecule is Cc1cc(C)c(C)c(OCCC(=O)NCC2CNC2)c1. The lowest BCUT2D eigenvalue weighted by Crippen LogP contribution is -2.48. The second-order valence-electron chi connectivity index (χ2n) is 5.63. The lowest BCUT2D eigenvalue weighted by Gasteiger charge is -2.27. The van der Waals surface area contributed by atoms with Crippen molar-refractivity contribution in [2.24, 2.45) is 5.92 Å². The molecule has 110 valence electrons. The van der Waals surface area contributed by atoms with Gasteiger partial charge < -0.3 is 15.4 Å². The molecular formula is C16H24N2O2. The molecule has 2 rings (SSSR count). The minimum atomic E-state index is 0.0685. The molecule has 1 heterocycles. The highest BCUT2D eigenvalue weighted by molar-refractivity contribution is 5.76. The van der Waals surface area contributed by atoms with Crippen LogP contribution in [0.1, 0.15) is 23.1 Å². The van der Waals surface area contributed by atoms with Gasteiger partial charge in [0.2, 0.25) is 5.91 Å². The second kappa shape index (κ2) is 6.75. The third-order valence-corrected chi connectivity index (χ3v) is 3.80. The van der Waals surface area contributed by atoms with Gasteiger partial charge in [-0.1, -0.05) is 6.07 Å². The van der Waals surface area contributed by atoms with Crippen molar-refractivity contribution in [2.75, 3.05) is 26.2 Å². The molecule has 1 saturated heterocycles. The summed E-state index contributed by atoms with van der Waals surface area (Å²) >= 11 is 0. The van der Waals surface area contributed by atoms with E-state index in [1.807, 2.05) is 13.0 Å². The minimum absolute atomic E-state index is 0.0685. The van der Waals surface area contributed by atoms with Crippen LogP contribution in [0.15, 0.2) is 12.1 Å². The fourth-order valence-corrected chi connectivity index (χ4v) is 2.24. The van der Waals surface area contributed by atoms with Crippen LogP contribution in [0, 0.1) is 26.7 Å². The van der Waals surface area contributed by atoms with E-state index < -0.39 is 0 Å². The smallest absolute Gasteiger partial charge is 0.223 e. The summed E-state index contributed by atoms with van der Waals surface area (Å²) in [5.74, 6) is 1.55. The topological polar surface area (TPSA) is 50.4 Å². The number of carbonyl (C=O) groups excluding carboxylic acids is 1. The van der Waals surface area contributed by atoms with E-state index in [2.05, 4.69) is 30.5 Å². The van der Waals surface area contributed by atoms with Gasteiger partial charge in [0.05, 0.1) is 13.0 Å². The first-order chi connectivity index (χ1) is 9.56. The van der Waals surface area contributed by atoms with Gasteiger partial charge in [-0.25, -0.2) is 0 Å². The normalized spacial score (nSPS) is 14.8. The van der Waals surface area contributed by atoms with E-state index >= 15 is 0 Å². The van der Waals surface area contributed by atoms with E-state index in [9.17, 15) is 4.79 Å². The quantitative estimate of drug-likeness (QED) is 0.832. The molecule has 0 aromatic heterocycles. The average Bonchev–Trinajstić information content (AvgIpc) is 2.33. The molecule has 1 aromatic carbocycles. The second-order valence-corrected chi connectivity index (χ2v) is 5.63. The number of ether oxygens (including phenoxy) is 1. The fourth-order valence-electron chi connectivity index (χ4n) is 2.24. The number of benzene rings is 1. The predicted molar refractivity (Wildman–Crippen MR) is 80.1 cm³/mol. The Morgan fingerprint density at radius 1 is 1.35 bits per heavy atom. The van der Waals surface area contributed by atoms with Crippen molar-refractivity contribution in [1.29, 1.82) is 0 Å². The first-order valence-electron chi connectivity index (χ1n) is 7.24. The molecule has 1 aliphatic heterocycles. The third-order valence-electron chi connectivity index (χ3n) is 3.80. The Balaban J connectivity index is 1.73. The molecule has 1 fully saturated rings. The van der Waals surface area contributed by atoms with Crippen molar-refractivity contribution in [1.82, 2.24) is 10.6 Å². The Labute approximate surface area is 120 Å². The van der Waals surface area contributed by atoms with Crippen LogP contribution in [0.2, 0.25) is 0 Å².